The Labute approximate surface area is 144 Å². The second-order valence-electron chi connectivity index (χ2n) is 6.29. The second-order valence-corrected chi connectivity index (χ2v) is 7.34. The maximum Gasteiger partial charge on any atom is 0.262 e. The topological polar surface area (TPSA) is 29.1 Å². The van der Waals surface area contributed by atoms with Crippen molar-refractivity contribution in [1.82, 2.24) is 5.32 Å². The van der Waals surface area contributed by atoms with Gasteiger partial charge in [-0.1, -0.05) is 30.3 Å². The summed E-state index contributed by atoms with van der Waals surface area (Å²) in [5.41, 5.74) is 3.25. The Hall–Kier alpha value is -2.20. The van der Waals surface area contributed by atoms with Gasteiger partial charge < -0.3 is 5.32 Å². The molecular weight excluding hydrogens is 321 g/mol. The van der Waals surface area contributed by atoms with Crippen LogP contribution < -0.4 is 5.32 Å². The molecule has 0 spiro atoms. The molecule has 1 aliphatic rings. The van der Waals surface area contributed by atoms with Crippen LogP contribution in [-0.4, -0.2) is 5.91 Å². The summed E-state index contributed by atoms with van der Waals surface area (Å²) in [7, 11) is 0. The number of fused-ring (bicyclic) bond motifs is 2. The minimum absolute atomic E-state index is 0.0388. The average Bonchev–Trinajstić information content (AvgIpc) is 2.93. The van der Waals surface area contributed by atoms with E-state index >= 15 is 0 Å². The van der Waals surface area contributed by atoms with Gasteiger partial charge in [0, 0.05) is 10.1 Å². The van der Waals surface area contributed by atoms with E-state index in [1.54, 1.807) is 6.07 Å². The van der Waals surface area contributed by atoms with Crippen LogP contribution in [0.3, 0.4) is 0 Å². The van der Waals surface area contributed by atoms with Crippen molar-refractivity contribution in [2.45, 2.75) is 32.2 Å². The zero-order valence-electron chi connectivity index (χ0n) is 13.4. The molecule has 2 nitrogen and oxygen atoms in total. The van der Waals surface area contributed by atoms with Crippen molar-refractivity contribution in [3.8, 4) is 0 Å². The van der Waals surface area contributed by atoms with Crippen LogP contribution >= 0.6 is 11.3 Å². The molecule has 4 rings (SSSR count). The van der Waals surface area contributed by atoms with Gasteiger partial charge in [0.2, 0.25) is 0 Å². The highest BCUT2D eigenvalue weighted by Gasteiger charge is 2.24. The van der Waals surface area contributed by atoms with Crippen LogP contribution in [0.5, 0.6) is 0 Å². The molecule has 1 N–H and O–H groups in total. The molecule has 4 heteroatoms. The summed E-state index contributed by atoms with van der Waals surface area (Å²) in [5, 5.41) is 3.73. The molecule has 0 unspecified atom stereocenters. The minimum Gasteiger partial charge on any atom is -0.345 e. The third kappa shape index (κ3) is 2.51. The summed E-state index contributed by atoms with van der Waals surface area (Å²) >= 11 is 1.36. The lowest BCUT2D eigenvalue weighted by molar-refractivity contribution is 0.0936. The van der Waals surface area contributed by atoms with Gasteiger partial charge in [0.15, 0.2) is 0 Å². The van der Waals surface area contributed by atoms with E-state index in [4.69, 9.17) is 0 Å². The number of carbonyl (C=O) groups excluding carboxylic acids is 1. The second kappa shape index (κ2) is 6.02. The van der Waals surface area contributed by atoms with E-state index in [0.717, 1.165) is 29.5 Å². The molecule has 0 radical (unpaired) electrons. The largest absolute Gasteiger partial charge is 0.345 e. The van der Waals surface area contributed by atoms with E-state index in [1.165, 1.54) is 28.5 Å². The van der Waals surface area contributed by atoms with E-state index in [0.29, 0.717) is 10.3 Å². The summed E-state index contributed by atoms with van der Waals surface area (Å²) in [6, 6.07) is 13.3. The highest BCUT2D eigenvalue weighted by molar-refractivity contribution is 7.21. The molecule has 122 valence electrons. The fraction of sp³-hybridized carbons (Fsp3) is 0.250. The summed E-state index contributed by atoms with van der Waals surface area (Å²) in [6.45, 7) is 1.83. The molecule has 24 heavy (non-hydrogen) atoms. The molecule has 1 heterocycles. The fourth-order valence-corrected chi connectivity index (χ4v) is 4.72. The number of nitrogens with one attached hydrogen (secondary N) is 1. The average molecular weight is 339 g/mol. The first kappa shape index (κ1) is 15.3. The Morgan fingerprint density at radius 3 is 2.88 bits per heavy atom. The van der Waals surface area contributed by atoms with Gasteiger partial charge in [-0.25, -0.2) is 4.39 Å². The number of halogens is 1. The molecular formula is C20H18FNOS. The normalized spacial score (nSPS) is 16.8. The smallest absolute Gasteiger partial charge is 0.262 e. The molecule has 2 aromatic carbocycles. The summed E-state index contributed by atoms with van der Waals surface area (Å²) in [5.74, 6) is -0.363. The van der Waals surface area contributed by atoms with Crippen molar-refractivity contribution in [3.05, 3.63) is 69.8 Å². The van der Waals surface area contributed by atoms with Crippen LogP contribution in [0.1, 0.15) is 45.2 Å². The maximum atomic E-state index is 14.1. The van der Waals surface area contributed by atoms with Crippen LogP contribution in [0.15, 0.2) is 42.5 Å². The fourth-order valence-electron chi connectivity index (χ4n) is 3.60. The number of rotatable bonds is 2. The van der Waals surface area contributed by atoms with Crippen molar-refractivity contribution in [1.29, 1.82) is 0 Å². The van der Waals surface area contributed by atoms with E-state index in [1.807, 2.05) is 25.1 Å². The summed E-state index contributed by atoms with van der Waals surface area (Å²) < 4.78 is 14.9. The Morgan fingerprint density at radius 2 is 2.04 bits per heavy atom. The van der Waals surface area contributed by atoms with Crippen molar-refractivity contribution in [2.75, 3.05) is 0 Å². The van der Waals surface area contributed by atoms with Crippen molar-refractivity contribution >= 4 is 27.3 Å². The van der Waals surface area contributed by atoms with Crippen LogP contribution in [0.25, 0.3) is 10.1 Å². The lowest BCUT2D eigenvalue weighted by Crippen LogP contribution is -2.30. The standard InChI is InChI=1S/C20H18FNOS/c1-12-18-15(21)9-5-11-17(18)24-19(12)20(23)22-16-10-4-7-13-6-2-3-8-14(13)16/h2-3,5-6,8-9,11,16H,4,7,10H2,1H3,(H,22,23)/t16-/m1/s1. The molecule has 1 aliphatic carbocycles. The first-order valence-corrected chi connectivity index (χ1v) is 9.03. The van der Waals surface area contributed by atoms with Crippen LogP contribution in [0.4, 0.5) is 4.39 Å². The maximum absolute atomic E-state index is 14.1. The predicted octanol–water partition coefficient (Wildman–Crippen LogP) is 5.16. The Bertz CT molecular complexity index is 931. The zero-order chi connectivity index (χ0) is 16.7. The number of hydrogen-bond acceptors (Lipinski definition) is 2. The monoisotopic (exact) mass is 339 g/mol. The van der Waals surface area contributed by atoms with Gasteiger partial charge in [0.25, 0.3) is 5.91 Å². The van der Waals surface area contributed by atoms with Gasteiger partial charge in [-0.05, 0) is 55.0 Å². The van der Waals surface area contributed by atoms with Gasteiger partial charge in [0.05, 0.1) is 10.9 Å². The molecule has 1 amide bonds. The van der Waals surface area contributed by atoms with E-state index in [9.17, 15) is 9.18 Å². The number of carbonyl (C=O) groups is 1. The summed E-state index contributed by atoms with van der Waals surface area (Å²) in [6.07, 6.45) is 3.08. The van der Waals surface area contributed by atoms with E-state index < -0.39 is 0 Å². The number of amides is 1. The van der Waals surface area contributed by atoms with E-state index in [-0.39, 0.29) is 17.8 Å². The third-order valence-corrected chi connectivity index (χ3v) is 6.04. The SMILES string of the molecule is Cc1c(C(=O)N[C@@H]2CCCc3ccccc32)sc2cccc(F)c12. The number of benzene rings is 2. The quantitative estimate of drug-likeness (QED) is 0.687. The highest BCUT2D eigenvalue weighted by atomic mass is 32.1. The van der Waals surface area contributed by atoms with Crippen LogP contribution in [0.2, 0.25) is 0 Å². The van der Waals surface area contributed by atoms with Crippen LogP contribution in [-0.2, 0) is 6.42 Å². The molecule has 0 saturated heterocycles. The molecule has 0 saturated carbocycles. The lowest BCUT2D eigenvalue weighted by atomic mass is 9.87. The van der Waals surface area contributed by atoms with E-state index in [2.05, 4.69) is 17.4 Å². The number of thiophene rings is 1. The van der Waals surface area contributed by atoms with Crippen LogP contribution in [0, 0.1) is 12.7 Å². The van der Waals surface area contributed by atoms with Gasteiger partial charge in [-0.3, -0.25) is 4.79 Å². The molecule has 3 aromatic rings. The van der Waals surface area contributed by atoms with Gasteiger partial charge in [0.1, 0.15) is 5.82 Å². The van der Waals surface area contributed by atoms with Crippen molar-refractivity contribution in [2.24, 2.45) is 0 Å². The zero-order valence-corrected chi connectivity index (χ0v) is 14.3. The Balaban J connectivity index is 1.66. The highest BCUT2D eigenvalue weighted by Crippen LogP contribution is 2.34. The lowest BCUT2D eigenvalue weighted by Gasteiger charge is -2.26. The molecule has 1 atom stereocenters. The van der Waals surface area contributed by atoms with Crippen molar-refractivity contribution < 1.29 is 9.18 Å². The molecule has 0 bridgehead atoms. The predicted molar refractivity (Wildman–Crippen MR) is 96.1 cm³/mol. The minimum atomic E-state index is -0.261. The third-order valence-electron chi connectivity index (χ3n) is 4.78. The molecule has 0 aliphatic heterocycles. The van der Waals surface area contributed by atoms with Crippen molar-refractivity contribution in [3.63, 3.8) is 0 Å². The number of hydrogen-bond donors (Lipinski definition) is 1. The Morgan fingerprint density at radius 1 is 1.21 bits per heavy atom. The molecule has 1 aromatic heterocycles. The number of aryl methyl sites for hydroxylation is 2. The first-order valence-electron chi connectivity index (χ1n) is 8.21. The van der Waals surface area contributed by atoms with Gasteiger partial charge in [-0.2, -0.15) is 0 Å². The van der Waals surface area contributed by atoms with Gasteiger partial charge >= 0.3 is 0 Å². The Kier molecular flexibility index (Phi) is 3.85. The molecule has 0 fully saturated rings. The van der Waals surface area contributed by atoms with Gasteiger partial charge in [-0.15, -0.1) is 11.3 Å². The summed E-state index contributed by atoms with van der Waals surface area (Å²) in [4.78, 5) is 13.4. The first-order chi connectivity index (χ1) is 11.6.